The number of anilines is 1. The monoisotopic (exact) mass is 272 g/mol. The van der Waals surface area contributed by atoms with Gasteiger partial charge in [-0.25, -0.2) is 4.98 Å². The first kappa shape index (κ1) is 12.2. The molecule has 0 saturated carbocycles. The molecule has 19 heavy (non-hydrogen) atoms. The third-order valence-electron chi connectivity index (χ3n) is 3.19. The summed E-state index contributed by atoms with van der Waals surface area (Å²) in [6, 6.07) is 4.00. The van der Waals surface area contributed by atoms with Crippen molar-refractivity contribution in [2.75, 3.05) is 5.32 Å². The molecule has 0 radical (unpaired) electrons. The second-order valence-corrected chi connectivity index (χ2v) is 5.84. The molecule has 3 aromatic heterocycles. The summed E-state index contributed by atoms with van der Waals surface area (Å²) < 4.78 is 2.17. The molecule has 0 bridgehead atoms. The molecule has 0 atom stereocenters. The van der Waals surface area contributed by atoms with Gasteiger partial charge in [0.15, 0.2) is 4.96 Å². The average molecular weight is 272 g/mol. The van der Waals surface area contributed by atoms with Crippen molar-refractivity contribution in [1.82, 2.24) is 14.4 Å². The van der Waals surface area contributed by atoms with Crippen molar-refractivity contribution in [2.45, 2.75) is 27.3 Å². The molecule has 5 heteroatoms. The molecule has 0 aromatic carbocycles. The molecule has 0 saturated heterocycles. The van der Waals surface area contributed by atoms with Crippen LogP contribution in [0.3, 0.4) is 0 Å². The fraction of sp³-hybridized carbons (Fsp3) is 0.286. The van der Waals surface area contributed by atoms with Crippen LogP contribution in [0.5, 0.6) is 0 Å². The van der Waals surface area contributed by atoms with E-state index in [2.05, 4.69) is 45.8 Å². The summed E-state index contributed by atoms with van der Waals surface area (Å²) in [5.41, 5.74) is 4.38. The van der Waals surface area contributed by atoms with E-state index in [1.165, 1.54) is 10.6 Å². The van der Waals surface area contributed by atoms with Crippen LogP contribution in [0, 0.1) is 20.8 Å². The van der Waals surface area contributed by atoms with Crippen LogP contribution in [0.1, 0.15) is 22.0 Å². The van der Waals surface area contributed by atoms with E-state index in [4.69, 9.17) is 0 Å². The summed E-state index contributed by atoms with van der Waals surface area (Å²) in [5.74, 6) is 0. The molecule has 0 amide bonds. The van der Waals surface area contributed by atoms with Gasteiger partial charge >= 0.3 is 0 Å². The molecule has 98 valence electrons. The van der Waals surface area contributed by atoms with Gasteiger partial charge in [0, 0.05) is 17.3 Å². The van der Waals surface area contributed by atoms with Crippen LogP contribution >= 0.6 is 11.3 Å². The number of aromatic nitrogens is 3. The Bertz CT molecular complexity index is 726. The Morgan fingerprint density at radius 2 is 2.11 bits per heavy atom. The van der Waals surface area contributed by atoms with E-state index in [9.17, 15) is 0 Å². The number of hydrogen-bond donors (Lipinski definition) is 1. The number of rotatable bonds is 3. The van der Waals surface area contributed by atoms with E-state index in [-0.39, 0.29) is 0 Å². The summed E-state index contributed by atoms with van der Waals surface area (Å²) in [6.07, 6.45) is 3.96. The molecular formula is C14H16N4S. The number of thiazole rings is 1. The van der Waals surface area contributed by atoms with Gasteiger partial charge < -0.3 is 5.32 Å². The lowest BCUT2D eigenvalue weighted by Crippen LogP contribution is -2.05. The summed E-state index contributed by atoms with van der Waals surface area (Å²) in [4.78, 5) is 11.2. The normalized spacial score (nSPS) is 11.1. The lowest BCUT2D eigenvalue weighted by Gasteiger charge is -2.08. The van der Waals surface area contributed by atoms with Crippen molar-refractivity contribution >= 4 is 22.0 Å². The molecule has 1 N–H and O–H groups in total. The minimum absolute atomic E-state index is 0.760. The zero-order valence-corrected chi connectivity index (χ0v) is 12.1. The number of aryl methyl sites for hydroxylation is 3. The number of nitrogens with zero attached hydrogens (tertiary/aromatic N) is 3. The van der Waals surface area contributed by atoms with Crippen molar-refractivity contribution in [3.63, 3.8) is 0 Å². The van der Waals surface area contributed by atoms with Crippen LogP contribution in [0.15, 0.2) is 24.5 Å². The van der Waals surface area contributed by atoms with Crippen LogP contribution in [-0.4, -0.2) is 14.4 Å². The zero-order chi connectivity index (χ0) is 13.4. The first-order chi connectivity index (χ1) is 9.15. The number of nitrogens with one attached hydrogen (secondary N) is 1. The van der Waals surface area contributed by atoms with E-state index in [1.54, 1.807) is 11.3 Å². The fourth-order valence-electron chi connectivity index (χ4n) is 2.17. The van der Waals surface area contributed by atoms with Crippen molar-refractivity contribution < 1.29 is 0 Å². The Hall–Kier alpha value is -1.88. The van der Waals surface area contributed by atoms with Gasteiger partial charge in [-0.3, -0.25) is 9.38 Å². The molecule has 0 aliphatic rings. The molecular weight excluding hydrogens is 256 g/mol. The van der Waals surface area contributed by atoms with Crippen LogP contribution in [-0.2, 0) is 6.54 Å². The Morgan fingerprint density at radius 1 is 1.26 bits per heavy atom. The Balaban J connectivity index is 1.89. The SMILES string of the molecule is Cc1cn2c(CNc3cccnc3C)c(C)nc2s1. The first-order valence-corrected chi connectivity index (χ1v) is 7.06. The zero-order valence-electron chi connectivity index (χ0n) is 11.3. The number of pyridine rings is 1. The quantitative estimate of drug-likeness (QED) is 0.795. The minimum Gasteiger partial charge on any atom is -0.378 e. The highest BCUT2D eigenvalue weighted by molar-refractivity contribution is 7.17. The Kier molecular flexibility index (Phi) is 2.98. The molecule has 3 rings (SSSR count). The molecule has 4 nitrogen and oxygen atoms in total. The summed E-state index contributed by atoms with van der Waals surface area (Å²) in [7, 11) is 0. The van der Waals surface area contributed by atoms with E-state index >= 15 is 0 Å². The maximum Gasteiger partial charge on any atom is 0.194 e. The summed E-state index contributed by atoms with van der Waals surface area (Å²) in [5, 5.41) is 3.44. The van der Waals surface area contributed by atoms with Crippen molar-refractivity contribution in [1.29, 1.82) is 0 Å². The summed E-state index contributed by atoms with van der Waals surface area (Å²) >= 11 is 1.72. The third-order valence-corrected chi connectivity index (χ3v) is 4.09. The number of hydrogen-bond acceptors (Lipinski definition) is 4. The van der Waals surface area contributed by atoms with Gasteiger partial charge in [-0.05, 0) is 32.9 Å². The molecule has 0 aliphatic carbocycles. The number of fused-ring (bicyclic) bond motifs is 1. The third kappa shape index (κ3) is 2.21. The van der Waals surface area contributed by atoms with E-state index in [0.29, 0.717) is 0 Å². The fourth-order valence-corrected chi connectivity index (χ4v) is 3.06. The van der Waals surface area contributed by atoms with Gasteiger partial charge in [-0.15, -0.1) is 11.3 Å². The van der Waals surface area contributed by atoms with E-state index in [1.807, 2.05) is 19.2 Å². The molecule has 3 aromatic rings. The maximum atomic E-state index is 4.59. The van der Waals surface area contributed by atoms with Crippen LogP contribution in [0.4, 0.5) is 5.69 Å². The van der Waals surface area contributed by atoms with Gasteiger partial charge in [-0.1, -0.05) is 0 Å². The van der Waals surface area contributed by atoms with Crippen molar-refractivity contribution in [3.8, 4) is 0 Å². The van der Waals surface area contributed by atoms with Crippen molar-refractivity contribution in [2.24, 2.45) is 0 Å². The van der Waals surface area contributed by atoms with E-state index in [0.717, 1.165) is 28.6 Å². The van der Waals surface area contributed by atoms with Gasteiger partial charge in [0.1, 0.15) is 0 Å². The first-order valence-electron chi connectivity index (χ1n) is 6.24. The number of imidazole rings is 1. The maximum absolute atomic E-state index is 4.59. The van der Waals surface area contributed by atoms with Crippen LogP contribution in [0.2, 0.25) is 0 Å². The molecule has 0 unspecified atom stereocenters. The molecule has 3 heterocycles. The second-order valence-electron chi connectivity index (χ2n) is 4.63. The highest BCUT2D eigenvalue weighted by Gasteiger charge is 2.11. The van der Waals surface area contributed by atoms with Gasteiger partial charge in [0.2, 0.25) is 0 Å². The Morgan fingerprint density at radius 3 is 2.89 bits per heavy atom. The second kappa shape index (κ2) is 4.66. The summed E-state index contributed by atoms with van der Waals surface area (Å²) in [6.45, 7) is 6.94. The van der Waals surface area contributed by atoms with Crippen LogP contribution in [0.25, 0.3) is 4.96 Å². The van der Waals surface area contributed by atoms with E-state index < -0.39 is 0 Å². The topological polar surface area (TPSA) is 42.2 Å². The predicted octanol–water partition coefficient (Wildman–Crippen LogP) is 3.33. The van der Waals surface area contributed by atoms with Gasteiger partial charge in [-0.2, -0.15) is 0 Å². The molecule has 0 aliphatic heterocycles. The van der Waals surface area contributed by atoms with Crippen molar-refractivity contribution in [3.05, 3.63) is 46.5 Å². The van der Waals surface area contributed by atoms with Gasteiger partial charge in [0.05, 0.1) is 29.3 Å². The molecule has 0 spiro atoms. The lowest BCUT2D eigenvalue weighted by molar-refractivity contribution is 0.984. The average Bonchev–Trinajstić information content (AvgIpc) is 2.84. The standard InChI is InChI=1S/C14H16N4S/c1-9-8-18-13(11(3)17-14(18)19-9)7-16-12-5-4-6-15-10(12)2/h4-6,8,16H,7H2,1-3H3. The highest BCUT2D eigenvalue weighted by Crippen LogP contribution is 2.21. The predicted molar refractivity (Wildman–Crippen MR) is 78.8 cm³/mol. The smallest absolute Gasteiger partial charge is 0.194 e. The lowest BCUT2D eigenvalue weighted by atomic mass is 10.3. The Labute approximate surface area is 116 Å². The highest BCUT2D eigenvalue weighted by atomic mass is 32.1. The van der Waals surface area contributed by atoms with Gasteiger partial charge in [0.25, 0.3) is 0 Å². The molecule has 0 fully saturated rings. The largest absolute Gasteiger partial charge is 0.378 e. The van der Waals surface area contributed by atoms with Crippen LogP contribution < -0.4 is 5.32 Å². The minimum atomic E-state index is 0.760.